The molecule has 0 spiro atoms. The molecule has 2 unspecified atom stereocenters. The topological polar surface area (TPSA) is 49.3 Å². The number of carboxylic acids is 1. The summed E-state index contributed by atoms with van der Waals surface area (Å²) in [6.45, 7) is 0.279. The van der Waals surface area contributed by atoms with Crippen LogP contribution < -0.4 is 5.32 Å². The third-order valence-corrected chi connectivity index (χ3v) is 3.49. The van der Waals surface area contributed by atoms with E-state index in [4.69, 9.17) is 5.11 Å². The number of nitrogens with one attached hydrogen (secondary N) is 1. The van der Waals surface area contributed by atoms with Crippen LogP contribution in [0.15, 0.2) is 24.3 Å². The Morgan fingerprint density at radius 3 is 2.70 bits per heavy atom. The smallest absolute Gasteiger partial charge is 0.390 e. The Bertz CT molecular complexity index is 488. The molecule has 110 valence electrons. The van der Waals surface area contributed by atoms with Crippen molar-refractivity contribution in [3.05, 3.63) is 35.4 Å². The van der Waals surface area contributed by atoms with E-state index in [1.807, 2.05) is 0 Å². The molecule has 0 amide bonds. The second-order valence-electron chi connectivity index (χ2n) is 5.15. The third-order valence-electron chi connectivity index (χ3n) is 3.49. The van der Waals surface area contributed by atoms with E-state index in [2.05, 4.69) is 5.32 Å². The highest BCUT2D eigenvalue weighted by Gasteiger charge is 2.35. The number of carbonyl (C=O) groups is 1. The van der Waals surface area contributed by atoms with Gasteiger partial charge in [0.25, 0.3) is 0 Å². The number of hydrogen-bond donors (Lipinski definition) is 2. The number of benzene rings is 1. The van der Waals surface area contributed by atoms with Crippen molar-refractivity contribution in [3.63, 3.8) is 0 Å². The molecule has 2 rings (SSSR count). The lowest BCUT2D eigenvalue weighted by Gasteiger charge is -2.20. The van der Waals surface area contributed by atoms with E-state index in [1.165, 1.54) is 0 Å². The molecule has 1 aromatic rings. The van der Waals surface area contributed by atoms with E-state index < -0.39 is 24.6 Å². The van der Waals surface area contributed by atoms with Crippen molar-refractivity contribution in [3.8, 4) is 0 Å². The fraction of sp³-hybridized carbons (Fsp3) is 0.500. The molecule has 1 aliphatic rings. The summed E-state index contributed by atoms with van der Waals surface area (Å²) in [4.78, 5) is 10.8. The molecule has 1 heterocycles. The summed E-state index contributed by atoms with van der Waals surface area (Å²) in [5.74, 6) is -1.12. The maximum atomic E-state index is 12.6. The van der Waals surface area contributed by atoms with Gasteiger partial charge in [0.05, 0.1) is 6.42 Å². The van der Waals surface area contributed by atoms with Crippen molar-refractivity contribution in [2.24, 2.45) is 5.92 Å². The minimum atomic E-state index is -4.25. The summed E-state index contributed by atoms with van der Waals surface area (Å²) in [6.07, 6.45) is -4.74. The van der Waals surface area contributed by atoms with Gasteiger partial charge in [-0.2, -0.15) is 13.2 Å². The molecule has 0 aliphatic carbocycles. The summed E-state index contributed by atoms with van der Waals surface area (Å²) < 4.78 is 37.9. The number of alkyl halides is 3. The standard InChI is InChI=1S/C14H16F3NO2/c15-14(16,17)7-12-11-4-2-1-3-10(11)5-9(8-18-12)6-13(19)20/h1-4,9,12,18H,5-8H2,(H,19,20). The van der Waals surface area contributed by atoms with Crippen molar-refractivity contribution in [1.82, 2.24) is 5.32 Å². The average molecular weight is 287 g/mol. The van der Waals surface area contributed by atoms with Gasteiger partial charge in [0, 0.05) is 12.5 Å². The van der Waals surface area contributed by atoms with Crippen molar-refractivity contribution in [1.29, 1.82) is 0 Å². The summed E-state index contributed by atoms with van der Waals surface area (Å²) in [5, 5.41) is 11.7. The number of halogens is 3. The zero-order valence-electron chi connectivity index (χ0n) is 10.8. The van der Waals surface area contributed by atoms with E-state index >= 15 is 0 Å². The second kappa shape index (κ2) is 5.83. The van der Waals surface area contributed by atoms with E-state index in [-0.39, 0.29) is 18.9 Å². The largest absolute Gasteiger partial charge is 0.481 e. The van der Waals surface area contributed by atoms with Gasteiger partial charge in [0.15, 0.2) is 0 Å². The zero-order chi connectivity index (χ0) is 14.8. The molecular formula is C14H16F3NO2. The van der Waals surface area contributed by atoms with Gasteiger partial charge in [-0.3, -0.25) is 4.79 Å². The average Bonchev–Trinajstić information content (AvgIpc) is 2.47. The number of aliphatic carboxylic acids is 1. The summed E-state index contributed by atoms with van der Waals surface area (Å²) in [6, 6.07) is 6.14. The fourth-order valence-electron chi connectivity index (χ4n) is 2.67. The highest BCUT2D eigenvalue weighted by molar-refractivity contribution is 5.67. The van der Waals surface area contributed by atoms with Crippen molar-refractivity contribution < 1.29 is 23.1 Å². The lowest BCUT2D eigenvalue weighted by Crippen LogP contribution is -2.29. The summed E-state index contributed by atoms with van der Waals surface area (Å²) in [7, 11) is 0. The molecule has 0 fully saturated rings. The van der Waals surface area contributed by atoms with E-state index in [0.29, 0.717) is 12.0 Å². The predicted octanol–water partition coefficient (Wildman–Crippen LogP) is 2.92. The molecule has 0 bridgehead atoms. The van der Waals surface area contributed by atoms with Gasteiger partial charge in [-0.05, 0) is 30.0 Å². The first-order chi connectivity index (χ1) is 9.35. The first-order valence-corrected chi connectivity index (χ1v) is 6.45. The SMILES string of the molecule is O=C(O)CC1CNC(CC(F)(F)F)c2ccccc2C1. The van der Waals surface area contributed by atoms with Crippen LogP contribution >= 0.6 is 0 Å². The second-order valence-corrected chi connectivity index (χ2v) is 5.15. The minimum absolute atomic E-state index is 0.0416. The van der Waals surface area contributed by atoms with Gasteiger partial charge < -0.3 is 10.4 Å². The Labute approximate surface area is 114 Å². The Kier molecular flexibility index (Phi) is 4.32. The third kappa shape index (κ3) is 3.96. The lowest BCUT2D eigenvalue weighted by atomic mass is 9.93. The minimum Gasteiger partial charge on any atom is -0.481 e. The predicted molar refractivity (Wildman–Crippen MR) is 67.3 cm³/mol. The van der Waals surface area contributed by atoms with Crippen LogP contribution in [0, 0.1) is 5.92 Å². The van der Waals surface area contributed by atoms with Crippen molar-refractivity contribution in [2.75, 3.05) is 6.54 Å². The van der Waals surface area contributed by atoms with Gasteiger partial charge in [-0.15, -0.1) is 0 Å². The van der Waals surface area contributed by atoms with Crippen LogP contribution in [-0.4, -0.2) is 23.8 Å². The molecule has 0 aromatic heterocycles. The van der Waals surface area contributed by atoms with Crippen LogP contribution in [0.5, 0.6) is 0 Å². The number of hydrogen-bond acceptors (Lipinski definition) is 2. The van der Waals surface area contributed by atoms with Crippen LogP contribution in [0.3, 0.4) is 0 Å². The summed E-state index contributed by atoms with van der Waals surface area (Å²) >= 11 is 0. The van der Waals surface area contributed by atoms with Gasteiger partial charge >= 0.3 is 12.1 Å². The maximum Gasteiger partial charge on any atom is 0.390 e. The number of fused-ring (bicyclic) bond motifs is 1. The molecule has 1 aromatic carbocycles. The fourth-order valence-corrected chi connectivity index (χ4v) is 2.67. The van der Waals surface area contributed by atoms with Crippen molar-refractivity contribution >= 4 is 5.97 Å². The van der Waals surface area contributed by atoms with Crippen LogP contribution in [-0.2, 0) is 11.2 Å². The molecule has 6 heteroatoms. The Hall–Kier alpha value is -1.56. The monoisotopic (exact) mass is 287 g/mol. The molecule has 0 saturated carbocycles. The van der Waals surface area contributed by atoms with Crippen LogP contribution in [0.1, 0.15) is 30.0 Å². The maximum absolute atomic E-state index is 12.6. The van der Waals surface area contributed by atoms with E-state index in [1.54, 1.807) is 24.3 Å². The molecule has 3 nitrogen and oxygen atoms in total. The van der Waals surface area contributed by atoms with E-state index in [0.717, 1.165) is 5.56 Å². The zero-order valence-corrected chi connectivity index (χ0v) is 10.8. The summed E-state index contributed by atoms with van der Waals surface area (Å²) in [5.41, 5.74) is 1.43. The first kappa shape index (κ1) is 14.8. The van der Waals surface area contributed by atoms with Gasteiger partial charge in [0.1, 0.15) is 0 Å². The highest BCUT2D eigenvalue weighted by Crippen LogP contribution is 2.34. The Morgan fingerprint density at radius 2 is 2.05 bits per heavy atom. The molecule has 0 radical (unpaired) electrons. The molecule has 2 N–H and O–H groups in total. The first-order valence-electron chi connectivity index (χ1n) is 6.45. The number of carboxylic acid groups (broad SMARTS) is 1. The van der Waals surface area contributed by atoms with Gasteiger partial charge in [-0.25, -0.2) is 0 Å². The quantitative estimate of drug-likeness (QED) is 0.898. The molecule has 0 saturated heterocycles. The van der Waals surface area contributed by atoms with Crippen LogP contribution in [0.4, 0.5) is 13.2 Å². The molecule has 2 atom stereocenters. The van der Waals surface area contributed by atoms with Gasteiger partial charge in [-0.1, -0.05) is 24.3 Å². The van der Waals surface area contributed by atoms with Crippen LogP contribution in [0.2, 0.25) is 0 Å². The highest BCUT2D eigenvalue weighted by atomic mass is 19.4. The lowest BCUT2D eigenvalue weighted by molar-refractivity contribution is -0.141. The molecule has 20 heavy (non-hydrogen) atoms. The Morgan fingerprint density at radius 1 is 1.35 bits per heavy atom. The van der Waals surface area contributed by atoms with Crippen LogP contribution in [0.25, 0.3) is 0 Å². The normalized spacial score (nSPS) is 22.9. The molecular weight excluding hydrogens is 271 g/mol. The number of rotatable bonds is 3. The Balaban J connectivity index is 2.23. The van der Waals surface area contributed by atoms with E-state index in [9.17, 15) is 18.0 Å². The molecule has 1 aliphatic heterocycles. The van der Waals surface area contributed by atoms with Crippen molar-refractivity contribution in [2.45, 2.75) is 31.5 Å². The van der Waals surface area contributed by atoms with Gasteiger partial charge in [0.2, 0.25) is 0 Å².